The van der Waals surface area contributed by atoms with Gasteiger partial charge in [0.1, 0.15) is 4.90 Å². The van der Waals surface area contributed by atoms with Crippen LogP contribution >= 0.6 is 50.7 Å². The smallest absolute Gasteiger partial charge is 0.243 e. The molecule has 0 saturated carbocycles. The molecule has 1 aromatic rings. The van der Waals surface area contributed by atoms with Crippen LogP contribution in [0.4, 0.5) is 0 Å². The summed E-state index contributed by atoms with van der Waals surface area (Å²) in [5.74, 6) is 0.358. The largest absolute Gasteiger partial charge is 0.379 e. The average molecular weight is 412 g/mol. The number of halogens is 4. The molecule has 108 valence electrons. The Morgan fingerprint density at radius 1 is 1.21 bits per heavy atom. The molecule has 1 aromatic carbocycles. The van der Waals surface area contributed by atoms with Crippen LogP contribution in [0.15, 0.2) is 21.5 Å². The highest BCUT2D eigenvalue weighted by atomic mass is 79.9. The maximum atomic E-state index is 12.0. The summed E-state index contributed by atoms with van der Waals surface area (Å²) in [7, 11) is -3.77. The molecule has 4 nitrogen and oxygen atoms in total. The Labute approximate surface area is 135 Å². The summed E-state index contributed by atoms with van der Waals surface area (Å²) in [6.45, 7) is 0.697. The van der Waals surface area contributed by atoms with Crippen molar-refractivity contribution >= 4 is 60.8 Å². The van der Waals surface area contributed by atoms with Crippen molar-refractivity contribution < 1.29 is 13.2 Å². The molecule has 0 amide bonds. The van der Waals surface area contributed by atoms with Gasteiger partial charge in [-0.3, -0.25) is 0 Å². The van der Waals surface area contributed by atoms with Crippen molar-refractivity contribution in [3.63, 3.8) is 0 Å². The van der Waals surface area contributed by atoms with E-state index in [-0.39, 0.29) is 28.1 Å². The molecule has 0 aliphatic heterocycles. The third kappa shape index (κ3) is 5.38. The van der Waals surface area contributed by atoms with Crippen molar-refractivity contribution in [1.29, 1.82) is 0 Å². The van der Waals surface area contributed by atoms with Gasteiger partial charge in [0.05, 0.1) is 23.3 Å². The number of nitrogens with one attached hydrogen (secondary N) is 1. The quantitative estimate of drug-likeness (QED) is 0.553. The van der Waals surface area contributed by atoms with E-state index in [9.17, 15) is 8.42 Å². The minimum atomic E-state index is -3.77. The van der Waals surface area contributed by atoms with E-state index in [1.807, 2.05) is 0 Å². The van der Waals surface area contributed by atoms with E-state index in [0.717, 1.165) is 0 Å². The number of sulfonamides is 1. The van der Waals surface area contributed by atoms with Gasteiger partial charge >= 0.3 is 0 Å². The Morgan fingerprint density at radius 3 is 2.32 bits per heavy atom. The fourth-order valence-electron chi connectivity index (χ4n) is 1.26. The molecule has 0 aliphatic rings. The summed E-state index contributed by atoms with van der Waals surface area (Å²) in [5, 5.41) is 0.0992. The number of ether oxygens (including phenoxy) is 1. The van der Waals surface area contributed by atoms with E-state index in [1.165, 1.54) is 12.1 Å². The van der Waals surface area contributed by atoms with Crippen LogP contribution < -0.4 is 4.72 Å². The first-order valence-electron chi connectivity index (χ1n) is 5.16. The highest BCUT2D eigenvalue weighted by Crippen LogP contribution is 2.32. The molecule has 0 aromatic heterocycles. The van der Waals surface area contributed by atoms with Crippen LogP contribution in [0.5, 0.6) is 0 Å². The lowest BCUT2D eigenvalue weighted by Crippen LogP contribution is -2.28. The molecule has 19 heavy (non-hydrogen) atoms. The second-order valence-corrected chi connectivity index (χ2v) is 7.21. The predicted octanol–water partition coefficient (Wildman–Crippen LogP) is 3.29. The standard InChI is InChI=1S/C10H11BrCl3NO3S/c11-7-5-8(13)10(9(14)6-7)19(16,17)15-2-4-18-3-1-12/h5-6,15H,1-4H2. The van der Waals surface area contributed by atoms with Gasteiger partial charge < -0.3 is 4.74 Å². The molecule has 1 N–H and O–H groups in total. The molecule has 0 unspecified atom stereocenters. The molecular weight excluding hydrogens is 400 g/mol. The number of rotatable bonds is 7. The average Bonchev–Trinajstić information content (AvgIpc) is 2.26. The van der Waals surface area contributed by atoms with Crippen molar-refractivity contribution in [1.82, 2.24) is 4.72 Å². The van der Waals surface area contributed by atoms with E-state index in [0.29, 0.717) is 17.0 Å². The van der Waals surface area contributed by atoms with Gasteiger partial charge in [-0.25, -0.2) is 13.1 Å². The minimum absolute atomic E-state index is 0.0496. The van der Waals surface area contributed by atoms with Crippen molar-refractivity contribution in [2.75, 3.05) is 25.6 Å². The Morgan fingerprint density at radius 2 is 1.79 bits per heavy atom. The number of alkyl halides is 1. The van der Waals surface area contributed by atoms with Crippen LogP contribution in [0.25, 0.3) is 0 Å². The Hall–Kier alpha value is 0.440. The summed E-state index contributed by atoms with van der Waals surface area (Å²) < 4.78 is 32.1. The van der Waals surface area contributed by atoms with Gasteiger partial charge in [0.2, 0.25) is 10.0 Å². The maximum Gasteiger partial charge on any atom is 0.243 e. The van der Waals surface area contributed by atoms with Gasteiger partial charge in [-0.15, -0.1) is 11.6 Å². The van der Waals surface area contributed by atoms with Crippen molar-refractivity contribution in [2.45, 2.75) is 4.90 Å². The van der Waals surface area contributed by atoms with E-state index in [1.54, 1.807) is 0 Å². The first-order chi connectivity index (χ1) is 8.88. The Bertz CT molecular complexity index is 516. The summed E-state index contributed by atoms with van der Waals surface area (Å²) in [4.78, 5) is -0.142. The van der Waals surface area contributed by atoms with Gasteiger partial charge in [-0.05, 0) is 12.1 Å². The lowest BCUT2D eigenvalue weighted by atomic mass is 10.4. The number of hydrogen-bond donors (Lipinski definition) is 1. The van der Waals surface area contributed by atoms with Gasteiger partial charge in [-0.2, -0.15) is 0 Å². The predicted molar refractivity (Wildman–Crippen MR) is 80.9 cm³/mol. The lowest BCUT2D eigenvalue weighted by molar-refractivity contribution is 0.155. The zero-order valence-electron chi connectivity index (χ0n) is 9.63. The van der Waals surface area contributed by atoms with Gasteiger partial charge in [0, 0.05) is 16.9 Å². The summed E-state index contributed by atoms with van der Waals surface area (Å²) in [6, 6.07) is 2.93. The summed E-state index contributed by atoms with van der Waals surface area (Å²) in [5.41, 5.74) is 0. The minimum Gasteiger partial charge on any atom is -0.379 e. The summed E-state index contributed by atoms with van der Waals surface area (Å²) in [6.07, 6.45) is 0. The number of hydrogen-bond acceptors (Lipinski definition) is 3. The summed E-state index contributed by atoms with van der Waals surface area (Å²) >= 11 is 20.4. The number of benzene rings is 1. The van der Waals surface area contributed by atoms with Crippen molar-refractivity contribution in [3.8, 4) is 0 Å². The van der Waals surface area contributed by atoms with Gasteiger partial charge in [-0.1, -0.05) is 39.1 Å². The first-order valence-corrected chi connectivity index (χ1v) is 8.73. The highest BCUT2D eigenvalue weighted by Gasteiger charge is 2.21. The second kappa shape index (κ2) is 8.02. The molecule has 0 bridgehead atoms. The first kappa shape index (κ1) is 17.5. The topological polar surface area (TPSA) is 55.4 Å². The molecule has 1 rings (SSSR count). The van der Waals surface area contributed by atoms with E-state index in [2.05, 4.69) is 20.7 Å². The van der Waals surface area contributed by atoms with Crippen LogP contribution in [0.2, 0.25) is 10.0 Å². The Balaban J connectivity index is 2.78. The fraction of sp³-hybridized carbons (Fsp3) is 0.400. The molecule has 9 heteroatoms. The van der Waals surface area contributed by atoms with Crippen molar-refractivity contribution in [3.05, 3.63) is 26.7 Å². The zero-order chi connectivity index (χ0) is 14.5. The van der Waals surface area contributed by atoms with Crippen LogP contribution in [-0.2, 0) is 14.8 Å². The zero-order valence-corrected chi connectivity index (χ0v) is 14.3. The molecule has 0 saturated heterocycles. The van der Waals surface area contributed by atoms with Crippen molar-refractivity contribution in [2.24, 2.45) is 0 Å². The van der Waals surface area contributed by atoms with Crippen LogP contribution in [0.3, 0.4) is 0 Å². The Kier molecular flexibility index (Phi) is 7.39. The van der Waals surface area contributed by atoms with Gasteiger partial charge in [0.25, 0.3) is 0 Å². The van der Waals surface area contributed by atoms with Crippen LogP contribution in [0.1, 0.15) is 0 Å². The molecule has 0 fully saturated rings. The lowest BCUT2D eigenvalue weighted by Gasteiger charge is -2.10. The molecular formula is C10H11BrCl3NO3S. The SMILES string of the molecule is O=S(=O)(NCCOCCCl)c1c(Cl)cc(Br)cc1Cl. The van der Waals surface area contributed by atoms with Gasteiger partial charge in [0.15, 0.2) is 0 Å². The molecule has 0 spiro atoms. The highest BCUT2D eigenvalue weighted by molar-refractivity contribution is 9.10. The monoisotopic (exact) mass is 409 g/mol. The van der Waals surface area contributed by atoms with E-state index in [4.69, 9.17) is 39.5 Å². The van der Waals surface area contributed by atoms with E-state index < -0.39 is 10.0 Å². The molecule has 0 radical (unpaired) electrons. The third-order valence-electron chi connectivity index (χ3n) is 1.99. The van der Waals surface area contributed by atoms with E-state index >= 15 is 0 Å². The van der Waals surface area contributed by atoms with Crippen LogP contribution in [-0.4, -0.2) is 34.1 Å². The third-order valence-corrected chi connectivity index (χ3v) is 4.99. The molecule has 0 aliphatic carbocycles. The normalized spacial score (nSPS) is 11.8. The molecule has 0 heterocycles. The molecule has 0 atom stereocenters. The maximum absolute atomic E-state index is 12.0. The fourth-order valence-corrected chi connectivity index (χ4v) is 4.32. The van der Waals surface area contributed by atoms with Crippen LogP contribution in [0, 0.1) is 0 Å². The second-order valence-electron chi connectivity index (χ2n) is 3.40.